The van der Waals surface area contributed by atoms with Crippen LogP contribution in [0.1, 0.15) is 36.6 Å². The summed E-state index contributed by atoms with van der Waals surface area (Å²) in [5.41, 5.74) is 3.92. The molecule has 1 N–H and O–H groups in total. The van der Waals surface area contributed by atoms with Crippen LogP contribution in [0.25, 0.3) is 0 Å². The fraction of sp³-hybridized carbons (Fsp3) is 0.478. The van der Waals surface area contributed by atoms with Crippen molar-refractivity contribution >= 4 is 11.8 Å². The number of nitrogens with one attached hydrogen (secondary N) is 1. The minimum atomic E-state index is 0.190. The molecule has 0 saturated carbocycles. The SMILES string of the molecule is CCN(CC)CCOc1cc2c(cc1OC)CCNC2c1ccc(SC)cc1. The summed E-state index contributed by atoms with van der Waals surface area (Å²) in [5, 5.41) is 3.67. The highest BCUT2D eigenvalue weighted by Crippen LogP contribution is 2.37. The third-order valence-electron chi connectivity index (χ3n) is 5.49. The summed E-state index contributed by atoms with van der Waals surface area (Å²) in [6.45, 7) is 9.00. The lowest BCUT2D eigenvalue weighted by Crippen LogP contribution is -2.31. The maximum Gasteiger partial charge on any atom is 0.161 e. The quantitative estimate of drug-likeness (QED) is 0.632. The molecule has 1 aliphatic heterocycles. The summed E-state index contributed by atoms with van der Waals surface area (Å²) < 4.78 is 11.8. The summed E-state index contributed by atoms with van der Waals surface area (Å²) >= 11 is 1.77. The van der Waals surface area contributed by atoms with E-state index in [4.69, 9.17) is 9.47 Å². The van der Waals surface area contributed by atoms with Gasteiger partial charge in [-0.3, -0.25) is 0 Å². The molecule has 0 fully saturated rings. The molecule has 0 bridgehead atoms. The number of methoxy groups -OCH3 is 1. The van der Waals surface area contributed by atoms with E-state index in [1.165, 1.54) is 21.6 Å². The van der Waals surface area contributed by atoms with Crippen LogP contribution in [-0.2, 0) is 6.42 Å². The molecule has 2 aromatic carbocycles. The van der Waals surface area contributed by atoms with Gasteiger partial charge in [0, 0.05) is 18.0 Å². The van der Waals surface area contributed by atoms with Crippen molar-refractivity contribution in [2.75, 3.05) is 46.2 Å². The number of nitrogens with zero attached hydrogens (tertiary/aromatic N) is 1. The molecule has 28 heavy (non-hydrogen) atoms. The zero-order chi connectivity index (χ0) is 19.9. The zero-order valence-corrected chi connectivity index (χ0v) is 18.3. The molecule has 1 aliphatic rings. The lowest BCUT2D eigenvalue weighted by atomic mass is 9.89. The highest BCUT2D eigenvalue weighted by Gasteiger charge is 2.24. The van der Waals surface area contributed by atoms with Crippen LogP contribution in [-0.4, -0.2) is 51.1 Å². The Morgan fingerprint density at radius 1 is 1.11 bits per heavy atom. The van der Waals surface area contributed by atoms with Crippen LogP contribution < -0.4 is 14.8 Å². The van der Waals surface area contributed by atoms with Gasteiger partial charge >= 0.3 is 0 Å². The maximum absolute atomic E-state index is 6.15. The Balaban J connectivity index is 1.84. The molecule has 0 radical (unpaired) electrons. The van der Waals surface area contributed by atoms with E-state index in [1.807, 2.05) is 0 Å². The van der Waals surface area contributed by atoms with Crippen LogP contribution in [0.5, 0.6) is 11.5 Å². The third-order valence-corrected chi connectivity index (χ3v) is 6.23. The number of hydrogen-bond acceptors (Lipinski definition) is 5. The van der Waals surface area contributed by atoms with Crippen LogP contribution in [0.3, 0.4) is 0 Å². The smallest absolute Gasteiger partial charge is 0.161 e. The molecule has 0 aliphatic carbocycles. The minimum absolute atomic E-state index is 0.190. The van der Waals surface area contributed by atoms with Crippen molar-refractivity contribution in [3.8, 4) is 11.5 Å². The monoisotopic (exact) mass is 400 g/mol. The van der Waals surface area contributed by atoms with E-state index in [2.05, 4.69) is 66.7 Å². The van der Waals surface area contributed by atoms with Crippen molar-refractivity contribution in [3.63, 3.8) is 0 Å². The van der Waals surface area contributed by atoms with Gasteiger partial charge in [0.15, 0.2) is 11.5 Å². The van der Waals surface area contributed by atoms with E-state index in [1.54, 1.807) is 18.9 Å². The van der Waals surface area contributed by atoms with E-state index < -0.39 is 0 Å². The first kappa shape index (κ1) is 21.0. The number of rotatable bonds is 9. The molecule has 1 unspecified atom stereocenters. The van der Waals surface area contributed by atoms with E-state index in [0.717, 1.165) is 44.1 Å². The molecule has 4 nitrogen and oxygen atoms in total. The number of ether oxygens (including phenoxy) is 2. The Morgan fingerprint density at radius 3 is 2.50 bits per heavy atom. The van der Waals surface area contributed by atoms with Crippen molar-refractivity contribution in [1.29, 1.82) is 0 Å². The maximum atomic E-state index is 6.15. The number of benzene rings is 2. The van der Waals surface area contributed by atoms with Crippen LogP contribution in [0.2, 0.25) is 0 Å². The second kappa shape index (κ2) is 10.2. The average molecular weight is 401 g/mol. The molecule has 0 spiro atoms. The van der Waals surface area contributed by atoms with Gasteiger partial charge in [-0.25, -0.2) is 0 Å². The van der Waals surface area contributed by atoms with Gasteiger partial charge in [-0.15, -0.1) is 11.8 Å². The summed E-state index contributed by atoms with van der Waals surface area (Å²) in [5.74, 6) is 1.67. The topological polar surface area (TPSA) is 33.7 Å². The van der Waals surface area contributed by atoms with Crippen molar-refractivity contribution in [2.24, 2.45) is 0 Å². The second-order valence-electron chi connectivity index (χ2n) is 6.99. The fourth-order valence-electron chi connectivity index (χ4n) is 3.75. The first-order chi connectivity index (χ1) is 13.7. The molecular formula is C23H32N2O2S. The van der Waals surface area contributed by atoms with Crippen LogP contribution in [0.15, 0.2) is 41.3 Å². The first-order valence-corrected chi connectivity index (χ1v) is 11.4. The molecule has 1 atom stereocenters. The molecule has 0 saturated heterocycles. The van der Waals surface area contributed by atoms with Gasteiger partial charge in [-0.1, -0.05) is 26.0 Å². The molecular weight excluding hydrogens is 368 g/mol. The molecule has 1 heterocycles. The van der Waals surface area contributed by atoms with Gasteiger partial charge in [0.2, 0.25) is 0 Å². The number of thioether (sulfide) groups is 1. The molecule has 5 heteroatoms. The van der Waals surface area contributed by atoms with Gasteiger partial charge in [0.25, 0.3) is 0 Å². The van der Waals surface area contributed by atoms with Crippen molar-refractivity contribution < 1.29 is 9.47 Å². The summed E-state index contributed by atoms with van der Waals surface area (Å²) in [6.07, 6.45) is 3.11. The fourth-order valence-corrected chi connectivity index (χ4v) is 4.16. The molecule has 0 aromatic heterocycles. The summed E-state index contributed by atoms with van der Waals surface area (Å²) in [6, 6.07) is 13.4. The normalized spacial score (nSPS) is 16.1. The van der Waals surface area contributed by atoms with E-state index in [-0.39, 0.29) is 6.04 Å². The van der Waals surface area contributed by atoms with Crippen molar-refractivity contribution in [1.82, 2.24) is 10.2 Å². The molecule has 0 amide bonds. The van der Waals surface area contributed by atoms with E-state index in [9.17, 15) is 0 Å². The van der Waals surface area contributed by atoms with E-state index >= 15 is 0 Å². The lowest BCUT2D eigenvalue weighted by molar-refractivity contribution is 0.217. The second-order valence-corrected chi connectivity index (χ2v) is 7.87. The van der Waals surface area contributed by atoms with Crippen LogP contribution >= 0.6 is 11.8 Å². The largest absolute Gasteiger partial charge is 0.493 e. The predicted molar refractivity (Wildman–Crippen MR) is 118 cm³/mol. The van der Waals surface area contributed by atoms with Gasteiger partial charge in [-0.2, -0.15) is 0 Å². The van der Waals surface area contributed by atoms with E-state index in [0.29, 0.717) is 6.61 Å². The number of fused-ring (bicyclic) bond motifs is 1. The highest BCUT2D eigenvalue weighted by atomic mass is 32.2. The van der Waals surface area contributed by atoms with Crippen LogP contribution in [0.4, 0.5) is 0 Å². The molecule has 3 rings (SSSR count). The Kier molecular flexibility index (Phi) is 7.65. The predicted octanol–water partition coefficient (Wildman–Crippen LogP) is 4.37. The Hall–Kier alpha value is -1.69. The van der Waals surface area contributed by atoms with Gasteiger partial charge in [0.05, 0.1) is 13.2 Å². The minimum Gasteiger partial charge on any atom is -0.493 e. The van der Waals surface area contributed by atoms with Gasteiger partial charge in [-0.05, 0) is 66.7 Å². The van der Waals surface area contributed by atoms with Crippen molar-refractivity contribution in [3.05, 3.63) is 53.1 Å². The zero-order valence-electron chi connectivity index (χ0n) is 17.5. The molecule has 2 aromatic rings. The standard InChI is InChI=1S/C23H32N2O2S/c1-5-25(6-2)13-14-27-22-16-20-18(15-21(22)26-3)11-12-24-23(20)17-7-9-19(28-4)10-8-17/h7-10,15-16,23-24H,5-6,11-14H2,1-4H3. The molecule has 152 valence electrons. The lowest BCUT2D eigenvalue weighted by Gasteiger charge is -2.29. The first-order valence-electron chi connectivity index (χ1n) is 10.1. The van der Waals surface area contributed by atoms with Gasteiger partial charge in [0.1, 0.15) is 6.61 Å². The Labute approximate surface area is 173 Å². The Morgan fingerprint density at radius 2 is 1.86 bits per heavy atom. The number of likely N-dealkylation sites (N-methyl/N-ethyl adjacent to an activating group) is 1. The highest BCUT2D eigenvalue weighted by molar-refractivity contribution is 7.98. The van der Waals surface area contributed by atoms with Crippen LogP contribution in [0, 0.1) is 0 Å². The van der Waals surface area contributed by atoms with Crippen molar-refractivity contribution in [2.45, 2.75) is 31.2 Å². The third kappa shape index (κ3) is 4.83. The average Bonchev–Trinajstić information content (AvgIpc) is 2.75. The van der Waals surface area contributed by atoms with Gasteiger partial charge < -0.3 is 19.7 Å². The summed E-state index contributed by atoms with van der Waals surface area (Å²) in [4.78, 5) is 3.65. The summed E-state index contributed by atoms with van der Waals surface area (Å²) in [7, 11) is 1.72. The number of hydrogen-bond donors (Lipinski definition) is 1. The Bertz CT molecular complexity index is 760.